The maximum Gasteiger partial charge on any atom is 0.573 e. The second kappa shape index (κ2) is 7.00. The number of carbonyl (C=O) groups is 1. The molecule has 1 aliphatic heterocycles. The fourth-order valence-corrected chi connectivity index (χ4v) is 2.63. The highest BCUT2D eigenvalue weighted by molar-refractivity contribution is 5.94. The van der Waals surface area contributed by atoms with Gasteiger partial charge < -0.3 is 14.4 Å². The molecule has 1 aromatic heterocycles. The minimum absolute atomic E-state index is 0.145. The van der Waals surface area contributed by atoms with Crippen molar-refractivity contribution in [1.29, 1.82) is 0 Å². The van der Waals surface area contributed by atoms with Gasteiger partial charge in [-0.15, -0.1) is 13.2 Å². The van der Waals surface area contributed by atoms with Crippen molar-refractivity contribution >= 4 is 5.91 Å². The zero-order chi connectivity index (χ0) is 17.9. The Bertz CT molecular complexity index is 737. The number of nitrogens with zero attached hydrogens (tertiary/aromatic N) is 2. The molecular formula is C17H15F3N2O3. The fourth-order valence-electron chi connectivity index (χ4n) is 2.63. The maximum atomic E-state index is 12.5. The highest BCUT2D eigenvalue weighted by atomic mass is 19.4. The number of amides is 1. The van der Waals surface area contributed by atoms with Gasteiger partial charge in [0.15, 0.2) is 0 Å². The van der Waals surface area contributed by atoms with Gasteiger partial charge in [0.1, 0.15) is 17.6 Å². The predicted octanol–water partition coefficient (Wildman–Crippen LogP) is 3.27. The Balaban J connectivity index is 1.63. The molecule has 8 heteroatoms. The molecular weight excluding hydrogens is 337 g/mol. The van der Waals surface area contributed by atoms with Crippen molar-refractivity contribution in [2.45, 2.75) is 18.9 Å². The second-order valence-corrected chi connectivity index (χ2v) is 5.54. The largest absolute Gasteiger partial charge is 0.573 e. The van der Waals surface area contributed by atoms with Gasteiger partial charge in [-0.3, -0.25) is 9.78 Å². The molecule has 3 rings (SSSR count). The molecule has 132 valence electrons. The summed E-state index contributed by atoms with van der Waals surface area (Å²) in [5.74, 6) is -0.106. The normalized spacial score (nSPS) is 17.4. The van der Waals surface area contributed by atoms with E-state index in [1.54, 1.807) is 29.4 Å². The molecule has 1 unspecified atom stereocenters. The summed E-state index contributed by atoms with van der Waals surface area (Å²) in [5, 5.41) is 0. The van der Waals surface area contributed by atoms with Gasteiger partial charge in [0.05, 0.1) is 6.54 Å². The Morgan fingerprint density at radius 3 is 2.64 bits per heavy atom. The van der Waals surface area contributed by atoms with Gasteiger partial charge in [-0.2, -0.15) is 0 Å². The molecule has 0 spiro atoms. The van der Waals surface area contributed by atoms with E-state index in [-0.39, 0.29) is 17.6 Å². The van der Waals surface area contributed by atoms with E-state index in [4.69, 9.17) is 4.74 Å². The van der Waals surface area contributed by atoms with Gasteiger partial charge in [-0.1, -0.05) is 6.07 Å². The van der Waals surface area contributed by atoms with E-state index in [1.165, 1.54) is 12.1 Å². The third-order valence-electron chi connectivity index (χ3n) is 3.70. The van der Waals surface area contributed by atoms with E-state index in [0.717, 1.165) is 12.1 Å². The fraction of sp³-hybridized carbons (Fsp3) is 0.294. The monoisotopic (exact) mass is 352 g/mol. The molecule has 1 aromatic carbocycles. The zero-order valence-electron chi connectivity index (χ0n) is 13.1. The van der Waals surface area contributed by atoms with Crippen LogP contribution >= 0.6 is 0 Å². The quantitative estimate of drug-likeness (QED) is 0.847. The van der Waals surface area contributed by atoms with Crippen LogP contribution in [-0.2, 0) is 0 Å². The topological polar surface area (TPSA) is 51.7 Å². The minimum atomic E-state index is -4.79. The molecule has 1 saturated heterocycles. The molecule has 2 heterocycles. The number of aromatic nitrogens is 1. The molecule has 1 amide bonds. The summed E-state index contributed by atoms with van der Waals surface area (Å²) < 4.78 is 46.5. The molecule has 0 bridgehead atoms. The van der Waals surface area contributed by atoms with Crippen molar-refractivity contribution in [3.63, 3.8) is 0 Å². The van der Waals surface area contributed by atoms with Gasteiger partial charge in [0.25, 0.3) is 5.91 Å². The number of halogens is 3. The molecule has 2 aromatic rings. The van der Waals surface area contributed by atoms with Crippen molar-refractivity contribution in [3.8, 4) is 11.5 Å². The Kier molecular flexibility index (Phi) is 4.78. The van der Waals surface area contributed by atoms with E-state index in [0.29, 0.717) is 25.3 Å². The smallest absolute Gasteiger partial charge is 0.488 e. The highest BCUT2D eigenvalue weighted by Gasteiger charge is 2.32. The minimum Gasteiger partial charge on any atom is -0.488 e. The molecule has 1 fully saturated rings. The van der Waals surface area contributed by atoms with Gasteiger partial charge in [-0.25, -0.2) is 0 Å². The third-order valence-corrected chi connectivity index (χ3v) is 3.70. The van der Waals surface area contributed by atoms with Crippen LogP contribution in [0.1, 0.15) is 16.8 Å². The van der Waals surface area contributed by atoms with Gasteiger partial charge in [-0.05, 0) is 30.3 Å². The second-order valence-electron chi connectivity index (χ2n) is 5.54. The number of pyridine rings is 1. The standard InChI is InChI=1S/C17H15F3N2O3/c18-17(19,20)25-14-3-1-2-12(10-14)16(23)22-9-6-15(11-22)24-13-4-7-21-8-5-13/h1-5,7-8,10,15H,6,9,11H2. The number of benzene rings is 1. The summed E-state index contributed by atoms with van der Waals surface area (Å²) in [5.41, 5.74) is 0.145. The summed E-state index contributed by atoms with van der Waals surface area (Å²) in [6.07, 6.45) is -1.09. The maximum absolute atomic E-state index is 12.5. The summed E-state index contributed by atoms with van der Waals surface area (Å²) in [4.78, 5) is 17.9. The van der Waals surface area contributed by atoms with Crippen LogP contribution in [-0.4, -0.2) is 41.3 Å². The lowest BCUT2D eigenvalue weighted by molar-refractivity contribution is -0.274. The number of ether oxygens (including phenoxy) is 2. The number of likely N-dealkylation sites (tertiary alicyclic amines) is 1. The van der Waals surface area contributed by atoms with Crippen LogP contribution in [0.2, 0.25) is 0 Å². The van der Waals surface area contributed by atoms with Crippen LogP contribution in [0.15, 0.2) is 48.8 Å². The van der Waals surface area contributed by atoms with E-state index >= 15 is 0 Å². The molecule has 25 heavy (non-hydrogen) atoms. The van der Waals surface area contributed by atoms with Gasteiger partial charge in [0.2, 0.25) is 0 Å². The first kappa shape index (κ1) is 17.1. The predicted molar refractivity (Wildman–Crippen MR) is 82.3 cm³/mol. The molecule has 5 nitrogen and oxygen atoms in total. The summed E-state index contributed by atoms with van der Waals surface area (Å²) in [6, 6.07) is 8.51. The molecule has 0 radical (unpaired) electrons. The van der Waals surface area contributed by atoms with Crippen molar-refractivity contribution in [3.05, 3.63) is 54.4 Å². The lowest BCUT2D eigenvalue weighted by atomic mass is 10.2. The Morgan fingerprint density at radius 2 is 1.92 bits per heavy atom. The average Bonchev–Trinajstić information content (AvgIpc) is 3.02. The van der Waals surface area contributed by atoms with Crippen molar-refractivity contribution in [1.82, 2.24) is 9.88 Å². The first-order valence-corrected chi connectivity index (χ1v) is 7.62. The summed E-state index contributed by atoms with van der Waals surface area (Å²) in [6.45, 7) is 0.838. The summed E-state index contributed by atoms with van der Waals surface area (Å²) >= 11 is 0. The average molecular weight is 352 g/mol. The van der Waals surface area contributed by atoms with Crippen LogP contribution in [0, 0.1) is 0 Å². The van der Waals surface area contributed by atoms with Crippen molar-refractivity contribution in [2.24, 2.45) is 0 Å². The molecule has 1 aliphatic rings. The molecule has 0 aliphatic carbocycles. The Hall–Kier alpha value is -2.77. The van der Waals surface area contributed by atoms with E-state index in [2.05, 4.69) is 9.72 Å². The molecule has 1 atom stereocenters. The highest BCUT2D eigenvalue weighted by Crippen LogP contribution is 2.25. The van der Waals surface area contributed by atoms with Gasteiger partial charge >= 0.3 is 6.36 Å². The van der Waals surface area contributed by atoms with Crippen molar-refractivity contribution in [2.75, 3.05) is 13.1 Å². The van der Waals surface area contributed by atoms with E-state index in [9.17, 15) is 18.0 Å². The van der Waals surface area contributed by atoms with Crippen LogP contribution in [0.5, 0.6) is 11.5 Å². The van der Waals surface area contributed by atoms with Crippen LogP contribution in [0.3, 0.4) is 0 Å². The first-order chi connectivity index (χ1) is 11.9. The lowest BCUT2D eigenvalue weighted by Gasteiger charge is -2.18. The van der Waals surface area contributed by atoms with Crippen LogP contribution in [0.25, 0.3) is 0 Å². The Morgan fingerprint density at radius 1 is 1.16 bits per heavy atom. The molecule has 0 saturated carbocycles. The van der Waals surface area contributed by atoms with E-state index < -0.39 is 12.1 Å². The van der Waals surface area contributed by atoms with Crippen LogP contribution in [0.4, 0.5) is 13.2 Å². The van der Waals surface area contributed by atoms with Crippen molar-refractivity contribution < 1.29 is 27.4 Å². The van der Waals surface area contributed by atoms with Crippen LogP contribution < -0.4 is 9.47 Å². The molecule has 0 N–H and O–H groups in total. The van der Waals surface area contributed by atoms with Gasteiger partial charge in [0, 0.05) is 30.9 Å². The first-order valence-electron chi connectivity index (χ1n) is 7.62. The number of hydrogen-bond donors (Lipinski definition) is 0. The number of alkyl halides is 3. The number of carbonyl (C=O) groups excluding carboxylic acids is 1. The Labute approximate surface area is 142 Å². The number of hydrogen-bond acceptors (Lipinski definition) is 4. The van der Waals surface area contributed by atoms with E-state index in [1.807, 2.05) is 0 Å². The zero-order valence-corrected chi connectivity index (χ0v) is 13.1. The lowest BCUT2D eigenvalue weighted by Crippen LogP contribution is -2.31. The third kappa shape index (κ3) is 4.62. The number of rotatable bonds is 4. The SMILES string of the molecule is O=C(c1cccc(OC(F)(F)F)c1)N1CCC(Oc2ccncc2)C1. The summed E-state index contributed by atoms with van der Waals surface area (Å²) in [7, 11) is 0.